The van der Waals surface area contributed by atoms with Gasteiger partial charge < -0.3 is 23.8 Å². The van der Waals surface area contributed by atoms with Crippen molar-refractivity contribution in [2.24, 2.45) is 0 Å². The second-order valence-electron chi connectivity index (χ2n) is 7.98. The Balaban J connectivity index is 1.68. The monoisotopic (exact) mass is 496 g/mol. The van der Waals surface area contributed by atoms with Crippen LogP contribution in [-0.2, 0) is 14.1 Å². The summed E-state index contributed by atoms with van der Waals surface area (Å²) in [7, 11) is -2.47. The van der Waals surface area contributed by atoms with Crippen LogP contribution in [0.2, 0.25) is 0 Å². The van der Waals surface area contributed by atoms with Crippen LogP contribution < -0.4 is 19.1 Å². The Morgan fingerprint density at radius 2 is 1.43 bits per heavy atom. The van der Waals surface area contributed by atoms with Gasteiger partial charge in [-0.15, -0.1) is 0 Å². The number of methoxy groups -OCH3 is 1. The maximum Gasteiger partial charge on any atom is 0.457 e. The average molecular weight is 497 g/mol. The van der Waals surface area contributed by atoms with Crippen LogP contribution in [0.3, 0.4) is 0 Å². The Bertz CT molecular complexity index is 1080. The minimum absolute atomic E-state index is 0.146. The highest BCUT2D eigenvalue weighted by Crippen LogP contribution is 2.59. The lowest BCUT2D eigenvalue weighted by Gasteiger charge is -2.30. The topological polar surface area (TPSA) is 86.3 Å². The summed E-state index contributed by atoms with van der Waals surface area (Å²) in [6, 6.07) is 24.5. The van der Waals surface area contributed by atoms with Gasteiger partial charge in [0.1, 0.15) is 17.2 Å². The quantitative estimate of drug-likeness (QED) is 0.414. The number of carbonyl (C=O) groups excluding carboxylic acids is 1. The number of benzene rings is 3. The molecule has 0 radical (unpaired) electrons. The molecule has 1 amide bonds. The minimum atomic E-state index is -4.04. The van der Waals surface area contributed by atoms with E-state index in [0.29, 0.717) is 49.1 Å². The van der Waals surface area contributed by atoms with Crippen LogP contribution in [-0.4, -0.2) is 50.8 Å². The summed E-state index contributed by atoms with van der Waals surface area (Å²) in [6.45, 7) is 2.59. The number of para-hydroxylation sites is 2. The molecule has 8 nitrogen and oxygen atoms in total. The Morgan fingerprint density at radius 3 is 1.94 bits per heavy atom. The lowest BCUT2D eigenvalue weighted by Crippen LogP contribution is -2.44. The van der Waals surface area contributed by atoms with Crippen molar-refractivity contribution in [3.63, 3.8) is 0 Å². The lowest BCUT2D eigenvalue weighted by atomic mass is 10.2. The summed E-state index contributed by atoms with van der Waals surface area (Å²) >= 11 is 0. The molecule has 1 atom stereocenters. The van der Waals surface area contributed by atoms with E-state index in [2.05, 4.69) is 5.32 Å². The highest BCUT2D eigenvalue weighted by molar-refractivity contribution is 7.55. The summed E-state index contributed by atoms with van der Waals surface area (Å²) < 4.78 is 37.2. The molecule has 0 saturated carbocycles. The van der Waals surface area contributed by atoms with Crippen molar-refractivity contribution in [2.75, 3.05) is 40.0 Å². The largest absolute Gasteiger partial charge is 0.497 e. The van der Waals surface area contributed by atoms with Gasteiger partial charge in [-0.25, -0.2) is 4.57 Å². The maximum absolute atomic E-state index is 14.5. The first-order valence-electron chi connectivity index (χ1n) is 11.4. The highest BCUT2D eigenvalue weighted by Gasteiger charge is 2.42. The Morgan fingerprint density at radius 1 is 0.886 bits per heavy atom. The van der Waals surface area contributed by atoms with E-state index in [4.69, 9.17) is 18.5 Å². The van der Waals surface area contributed by atoms with Crippen LogP contribution in [0.25, 0.3) is 0 Å². The van der Waals surface area contributed by atoms with Crippen molar-refractivity contribution in [1.82, 2.24) is 10.2 Å². The van der Waals surface area contributed by atoms with Gasteiger partial charge in [-0.2, -0.15) is 0 Å². The third kappa shape index (κ3) is 6.85. The van der Waals surface area contributed by atoms with Gasteiger partial charge in [0.25, 0.3) is 0 Å². The standard InChI is InChI=1S/C26H29N2O6P/c1-31-22-14-12-21(13-15-22)26(27-25(29)20-28-16-18-32-19-17-28)35(30,33-23-8-4-2-5-9-23)34-24-10-6-3-7-11-24/h2-15,26H,16-20H2,1H3,(H,27,29). The zero-order valence-corrected chi connectivity index (χ0v) is 20.4. The SMILES string of the molecule is COc1ccc(C(NC(=O)CN2CCOCC2)P(=O)(Oc2ccccc2)Oc2ccccc2)cc1. The lowest BCUT2D eigenvalue weighted by molar-refractivity contribution is -0.123. The van der Waals surface area contributed by atoms with E-state index < -0.39 is 13.4 Å². The summed E-state index contributed by atoms with van der Waals surface area (Å²) in [5.41, 5.74) is 0.566. The molecule has 35 heavy (non-hydrogen) atoms. The molecule has 1 fully saturated rings. The first-order chi connectivity index (χ1) is 17.1. The zero-order valence-electron chi connectivity index (χ0n) is 19.5. The molecule has 0 aliphatic carbocycles. The number of nitrogens with one attached hydrogen (secondary N) is 1. The summed E-state index contributed by atoms with van der Waals surface area (Å²) in [6.07, 6.45) is 0. The normalized spacial score (nSPS) is 15.1. The molecule has 0 spiro atoms. The van der Waals surface area contributed by atoms with Gasteiger partial charge in [0.2, 0.25) is 5.91 Å². The smallest absolute Gasteiger partial charge is 0.457 e. The number of ether oxygens (including phenoxy) is 2. The number of hydrogen-bond acceptors (Lipinski definition) is 7. The number of morpholine rings is 1. The molecule has 1 N–H and O–H groups in total. The van der Waals surface area contributed by atoms with E-state index in [0.717, 1.165) is 0 Å². The van der Waals surface area contributed by atoms with Gasteiger partial charge >= 0.3 is 7.60 Å². The van der Waals surface area contributed by atoms with E-state index in [1.54, 1.807) is 79.9 Å². The highest BCUT2D eigenvalue weighted by atomic mass is 31.2. The zero-order chi connectivity index (χ0) is 24.5. The molecule has 3 aromatic carbocycles. The minimum Gasteiger partial charge on any atom is -0.497 e. The second-order valence-corrected chi connectivity index (χ2v) is 9.94. The molecular formula is C26H29N2O6P. The fourth-order valence-electron chi connectivity index (χ4n) is 3.67. The van der Waals surface area contributed by atoms with Crippen molar-refractivity contribution in [2.45, 2.75) is 5.78 Å². The van der Waals surface area contributed by atoms with E-state index >= 15 is 0 Å². The Hall–Kier alpha value is -3.32. The first-order valence-corrected chi connectivity index (χ1v) is 13.0. The maximum atomic E-state index is 14.5. The van der Waals surface area contributed by atoms with Crippen molar-refractivity contribution in [3.8, 4) is 17.2 Å². The van der Waals surface area contributed by atoms with Gasteiger partial charge in [0.05, 0.1) is 26.9 Å². The van der Waals surface area contributed by atoms with Crippen LogP contribution in [0.15, 0.2) is 84.9 Å². The number of rotatable bonds is 10. The number of carbonyl (C=O) groups is 1. The van der Waals surface area contributed by atoms with Crippen LogP contribution in [0.1, 0.15) is 11.3 Å². The molecule has 0 aromatic heterocycles. The fourth-order valence-corrected chi connectivity index (χ4v) is 5.59. The average Bonchev–Trinajstić information content (AvgIpc) is 2.89. The fraction of sp³-hybridized carbons (Fsp3) is 0.269. The number of hydrogen-bond donors (Lipinski definition) is 1. The van der Waals surface area contributed by atoms with Crippen LogP contribution in [0.4, 0.5) is 0 Å². The molecule has 1 aliphatic heterocycles. The van der Waals surface area contributed by atoms with Crippen LogP contribution >= 0.6 is 7.60 Å². The van der Waals surface area contributed by atoms with Gasteiger partial charge in [0, 0.05) is 13.1 Å². The third-order valence-electron chi connectivity index (χ3n) is 5.47. The van der Waals surface area contributed by atoms with Gasteiger partial charge in [-0.1, -0.05) is 48.5 Å². The molecule has 1 aliphatic rings. The predicted octanol–water partition coefficient (Wildman–Crippen LogP) is 4.49. The molecule has 3 aromatic rings. The van der Waals surface area contributed by atoms with Crippen LogP contribution in [0, 0.1) is 0 Å². The molecule has 9 heteroatoms. The van der Waals surface area contributed by atoms with Gasteiger partial charge in [-0.05, 0) is 42.0 Å². The van der Waals surface area contributed by atoms with Crippen molar-refractivity contribution < 1.29 is 27.9 Å². The summed E-state index contributed by atoms with van der Waals surface area (Å²) in [5.74, 6) is 0.0129. The van der Waals surface area contributed by atoms with Crippen molar-refractivity contribution in [3.05, 3.63) is 90.5 Å². The van der Waals surface area contributed by atoms with Crippen molar-refractivity contribution in [1.29, 1.82) is 0 Å². The van der Waals surface area contributed by atoms with Crippen LogP contribution in [0.5, 0.6) is 17.2 Å². The second kappa shape index (κ2) is 11.9. The van der Waals surface area contributed by atoms with Gasteiger partial charge in [-0.3, -0.25) is 9.69 Å². The van der Waals surface area contributed by atoms with E-state index in [9.17, 15) is 9.36 Å². The third-order valence-corrected chi connectivity index (χ3v) is 7.46. The molecule has 184 valence electrons. The summed E-state index contributed by atoms with van der Waals surface area (Å²) in [5, 5.41) is 2.92. The number of nitrogens with zero attached hydrogens (tertiary/aromatic N) is 1. The van der Waals surface area contributed by atoms with E-state index in [1.807, 2.05) is 17.0 Å². The van der Waals surface area contributed by atoms with E-state index in [1.165, 1.54) is 0 Å². The number of amides is 1. The molecule has 0 bridgehead atoms. The molecular weight excluding hydrogens is 467 g/mol. The van der Waals surface area contributed by atoms with Crippen molar-refractivity contribution >= 4 is 13.5 Å². The van der Waals surface area contributed by atoms with E-state index in [-0.39, 0.29) is 12.5 Å². The first kappa shape index (κ1) is 24.8. The Labute approximate surface area is 205 Å². The summed E-state index contributed by atoms with van der Waals surface area (Å²) in [4.78, 5) is 15.1. The predicted molar refractivity (Wildman–Crippen MR) is 133 cm³/mol. The molecule has 4 rings (SSSR count). The molecule has 1 unspecified atom stereocenters. The Kier molecular flexibility index (Phi) is 8.42. The molecule has 1 heterocycles. The van der Waals surface area contributed by atoms with Gasteiger partial charge in [0.15, 0.2) is 5.78 Å². The molecule has 1 saturated heterocycles.